The standard InChI is InChI=1S/C47H34N4Si/c1-52(2)41-25-13-21-35(31-27-29-34(30-28-31)51-39-23-11-9-19-36(39)37-20-10-12-24-40(37)51)43(41)44-38(22-14-26-42(44)52)47-49-45(32-15-5-3-6-16-32)48-46(50-47)33-17-7-4-8-18-33/h3-30H,1-2H3. The van der Waals surface area contributed by atoms with E-state index < -0.39 is 8.07 Å². The van der Waals surface area contributed by atoms with Crippen LogP contribution in [-0.2, 0) is 0 Å². The number of benzene rings is 7. The molecule has 0 saturated heterocycles. The van der Waals surface area contributed by atoms with E-state index in [9.17, 15) is 0 Å². The zero-order chi connectivity index (χ0) is 34.8. The van der Waals surface area contributed by atoms with E-state index in [0.29, 0.717) is 17.5 Å². The molecule has 3 heterocycles. The van der Waals surface area contributed by atoms with Crippen molar-refractivity contribution in [2.75, 3.05) is 0 Å². The number of nitrogens with zero attached hydrogens (tertiary/aromatic N) is 4. The molecule has 0 saturated carbocycles. The molecule has 0 N–H and O–H groups in total. The zero-order valence-electron chi connectivity index (χ0n) is 29.0. The molecule has 0 amide bonds. The van der Waals surface area contributed by atoms with Crippen molar-refractivity contribution in [3.8, 4) is 62.1 Å². The highest BCUT2D eigenvalue weighted by atomic mass is 28.3. The summed E-state index contributed by atoms with van der Waals surface area (Å²) in [6, 6.07) is 60.5. The minimum Gasteiger partial charge on any atom is -0.309 e. The van der Waals surface area contributed by atoms with Gasteiger partial charge in [-0.25, -0.2) is 15.0 Å². The van der Waals surface area contributed by atoms with Crippen LogP contribution >= 0.6 is 0 Å². The Bertz CT molecular complexity index is 2690. The molecule has 2 aromatic heterocycles. The average molecular weight is 683 g/mol. The summed E-state index contributed by atoms with van der Waals surface area (Å²) in [7, 11) is -2.06. The van der Waals surface area contributed by atoms with Gasteiger partial charge in [-0.2, -0.15) is 0 Å². The van der Waals surface area contributed by atoms with Gasteiger partial charge in [0, 0.05) is 33.2 Å². The first kappa shape index (κ1) is 30.4. The van der Waals surface area contributed by atoms with Crippen LogP contribution in [0.25, 0.3) is 83.9 Å². The summed E-state index contributed by atoms with van der Waals surface area (Å²) in [6.45, 7) is 4.93. The number of hydrogen-bond donors (Lipinski definition) is 0. The van der Waals surface area contributed by atoms with Crippen LogP contribution < -0.4 is 10.4 Å². The van der Waals surface area contributed by atoms with Gasteiger partial charge in [-0.05, 0) is 56.9 Å². The molecule has 4 nitrogen and oxygen atoms in total. The highest BCUT2D eigenvalue weighted by molar-refractivity contribution is 7.04. The molecule has 0 radical (unpaired) electrons. The molecule has 0 aliphatic carbocycles. The fourth-order valence-corrected chi connectivity index (χ4v) is 11.3. The van der Waals surface area contributed by atoms with Gasteiger partial charge in [0.2, 0.25) is 0 Å². The second-order valence-electron chi connectivity index (χ2n) is 14.0. The minimum atomic E-state index is -2.06. The fourth-order valence-electron chi connectivity index (χ4n) is 8.18. The van der Waals surface area contributed by atoms with Crippen molar-refractivity contribution < 1.29 is 0 Å². The summed E-state index contributed by atoms with van der Waals surface area (Å²) >= 11 is 0. The fraction of sp³-hybridized carbons (Fsp3) is 0.0426. The first-order chi connectivity index (χ1) is 25.6. The SMILES string of the molecule is C[Si]1(C)c2cccc(-c3ccc(-n4c5ccccc5c5ccccc54)cc3)c2-c2c(-c3nc(-c4ccccc4)nc(-c4ccccc4)n3)cccc21. The second-order valence-corrected chi connectivity index (χ2v) is 18.4. The molecule has 246 valence electrons. The average Bonchev–Trinajstić information content (AvgIpc) is 3.67. The summed E-state index contributed by atoms with van der Waals surface area (Å²) in [5.41, 5.74) is 11.5. The van der Waals surface area contributed by atoms with E-state index in [1.165, 1.54) is 54.4 Å². The maximum Gasteiger partial charge on any atom is 0.164 e. The Hall–Kier alpha value is -6.43. The molecule has 1 aliphatic rings. The first-order valence-corrected chi connectivity index (χ1v) is 20.8. The quantitative estimate of drug-likeness (QED) is 0.170. The Kier molecular flexibility index (Phi) is 6.91. The van der Waals surface area contributed by atoms with Crippen molar-refractivity contribution in [3.63, 3.8) is 0 Å². The molecule has 0 unspecified atom stereocenters. The van der Waals surface area contributed by atoms with Crippen molar-refractivity contribution in [2.45, 2.75) is 13.1 Å². The van der Waals surface area contributed by atoms with E-state index in [2.05, 4.69) is 151 Å². The molecule has 0 spiro atoms. The lowest BCUT2D eigenvalue weighted by Crippen LogP contribution is -2.49. The summed E-state index contributed by atoms with van der Waals surface area (Å²) in [6.07, 6.45) is 0. The van der Waals surface area contributed by atoms with Crippen LogP contribution in [0, 0.1) is 0 Å². The van der Waals surface area contributed by atoms with Gasteiger partial charge >= 0.3 is 0 Å². The monoisotopic (exact) mass is 682 g/mol. The summed E-state index contributed by atoms with van der Waals surface area (Å²) < 4.78 is 2.38. The van der Waals surface area contributed by atoms with Crippen molar-refractivity contribution >= 4 is 40.3 Å². The number of fused-ring (bicyclic) bond motifs is 6. The Labute approximate surface area is 303 Å². The molecule has 0 atom stereocenters. The summed E-state index contributed by atoms with van der Waals surface area (Å²) in [4.78, 5) is 15.3. The van der Waals surface area contributed by atoms with Crippen molar-refractivity contribution in [1.29, 1.82) is 0 Å². The van der Waals surface area contributed by atoms with Gasteiger partial charge in [0.05, 0.1) is 11.0 Å². The molecule has 9 aromatic rings. The third-order valence-corrected chi connectivity index (χ3v) is 14.2. The van der Waals surface area contributed by atoms with E-state index in [1.807, 2.05) is 36.4 Å². The second kappa shape index (κ2) is 11.8. The topological polar surface area (TPSA) is 43.6 Å². The molecule has 0 fully saturated rings. The number of aromatic nitrogens is 4. The van der Waals surface area contributed by atoms with Crippen molar-refractivity contribution in [1.82, 2.24) is 19.5 Å². The lowest BCUT2D eigenvalue weighted by atomic mass is 9.91. The first-order valence-electron chi connectivity index (χ1n) is 17.8. The van der Waals surface area contributed by atoms with Crippen molar-refractivity contribution in [2.24, 2.45) is 0 Å². The Balaban J connectivity index is 1.16. The van der Waals surface area contributed by atoms with E-state index in [0.717, 1.165) is 22.4 Å². The highest BCUT2D eigenvalue weighted by Crippen LogP contribution is 2.42. The molecular weight excluding hydrogens is 649 g/mol. The van der Waals surface area contributed by atoms with Crippen LogP contribution in [0.1, 0.15) is 0 Å². The molecule has 5 heteroatoms. The zero-order valence-corrected chi connectivity index (χ0v) is 30.0. The van der Waals surface area contributed by atoms with Crippen LogP contribution in [0.3, 0.4) is 0 Å². The van der Waals surface area contributed by atoms with E-state index in [1.54, 1.807) is 0 Å². The molecule has 7 aromatic carbocycles. The maximum absolute atomic E-state index is 5.18. The molecular formula is C47H34N4Si. The van der Waals surface area contributed by atoms with Crippen LogP contribution in [0.2, 0.25) is 13.1 Å². The number of para-hydroxylation sites is 2. The van der Waals surface area contributed by atoms with E-state index >= 15 is 0 Å². The Morgan fingerprint density at radius 1 is 0.385 bits per heavy atom. The number of rotatable bonds is 5. The normalized spacial score (nSPS) is 13.0. The van der Waals surface area contributed by atoms with E-state index in [-0.39, 0.29) is 0 Å². The van der Waals surface area contributed by atoms with Gasteiger partial charge in [-0.1, -0.05) is 159 Å². The van der Waals surface area contributed by atoms with Crippen LogP contribution in [-0.4, -0.2) is 27.6 Å². The lowest BCUT2D eigenvalue weighted by molar-refractivity contribution is 1.07. The molecule has 10 rings (SSSR count). The maximum atomic E-state index is 5.18. The van der Waals surface area contributed by atoms with Gasteiger partial charge < -0.3 is 4.57 Å². The highest BCUT2D eigenvalue weighted by Gasteiger charge is 2.40. The Morgan fingerprint density at radius 2 is 0.846 bits per heavy atom. The van der Waals surface area contributed by atoms with Crippen LogP contribution in [0.15, 0.2) is 170 Å². The molecule has 52 heavy (non-hydrogen) atoms. The summed E-state index contributed by atoms with van der Waals surface area (Å²) in [5, 5.41) is 5.39. The van der Waals surface area contributed by atoms with Gasteiger partial charge in [0.1, 0.15) is 8.07 Å². The predicted octanol–water partition coefficient (Wildman–Crippen LogP) is 10.4. The third kappa shape index (κ3) is 4.70. The number of hydrogen-bond acceptors (Lipinski definition) is 3. The molecule has 1 aliphatic heterocycles. The summed E-state index contributed by atoms with van der Waals surface area (Å²) in [5.74, 6) is 2.04. The Morgan fingerprint density at radius 3 is 1.40 bits per heavy atom. The van der Waals surface area contributed by atoms with Crippen LogP contribution in [0.5, 0.6) is 0 Å². The van der Waals surface area contributed by atoms with Gasteiger partial charge in [-0.15, -0.1) is 0 Å². The van der Waals surface area contributed by atoms with Crippen LogP contribution in [0.4, 0.5) is 0 Å². The minimum absolute atomic E-state index is 0.672. The third-order valence-electron chi connectivity index (χ3n) is 10.7. The van der Waals surface area contributed by atoms with E-state index in [4.69, 9.17) is 15.0 Å². The largest absolute Gasteiger partial charge is 0.309 e. The van der Waals surface area contributed by atoms with Gasteiger partial charge in [0.15, 0.2) is 17.5 Å². The lowest BCUT2D eigenvalue weighted by Gasteiger charge is -2.19. The van der Waals surface area contributed by atoms with Gasteiger partial charge in [-0.3, -0.25) is 0 Å². The molecule has 0 bridgehead atoms. The predicted molar refractivity (Wildman–Crippen MR) is 218 cm³/mol. The smallest absolute Gasteiger partial charge is 0.164 e. The van der Waals surface area contributed by atoms with Crippen molar-refractivity contribution in [3.05, 3.63) is 170 Å². The van der Waals surface area contributed by atoms with Gasteiger partial charge in [0.25, 0.3) is 0 Å².